The standard InChI is InChI=1S/C13H15N3O/c1-10-3-5-11(6-4-10)13(17)15-9-12-14-7-8-16(12)2/h3-8H,9H2,1-2H3,(H,15,17). The van der Waals surface area contributed by atoms with Crippen molar-refractivity contribution in [2.24, 2.45) is 7.05 Å². The highest BCUT2D eigenvalue weighted by molar-refractivity contribution is 5.94. The number of nitrogens with zero attached hydrogens (tertiary/aromatic N) is 2. The Kier molecular flexibility index (Phi) is 3.23. The van der Waals surface area contributed by atoms with Crippen molar-refractivity contribution in [1.29, 1.82) is 0 Å². The quantitative estimate of drug-likeness (QED) is 0.870. The fraction of sp³-hybridized carbons (Fsp3) is 0.231. The average molecular weight is 229 g/mol. The van der Waals surface area contributed by atoms with E-state index in [0.717, 1.165) is 11.4 Å². The summed E-state index contributed by atoms with van der Waals surface area (Å²) in [6.07, 6.45) is 3.57. The minimum atomic E-state index is -0.0759. The fourth-order valence-electron chi connectivity index (χ4n) is 1.53. The number of nitrogens with one attached hydrogen (secondary N) is 1. The van der Waals surface area contributed by atoms with Crippen LogP contribution in [0.1, 0.15) is 21.7 Å². The molecule has 0 radical (unpaired) electrons. The number of hydrogen-bond acceptors (Lipinski definition) is 2. The summed E-state index contributed by atoms with van der Waals surface area (Å²) in [6.45, 7) is 2.44. The summed E-state index contributed by atoms with van der Waals surface area (Å²) in [5, 5.41) is 2.84. The summed E-state index contributed by atoms with van der Waals surface area (Å²) in [4.78, 5) is 16.0. The van der Waals surface area contributed by atoms with Gasteiger partial charge in [-0.2, -0.15) is 0 Å². The lowest BCUT2D eigenvalue weighted by molar-refractivity contribution is 0.0949. The molecular weight excluding hydrogens is 214 g/mol. The molecule has 4 heteroatoms. The van der Waals surface area contributed by atoms with E-state index in [9.17, 15) is 4.79 Å². The van der Waals surface area contributed by atoms with Crippen LogP contribution in [0, 0.1) is 6.92 Å². The van der Waals surface area contributed by atoms with Gasteiger partial charge in [-0.25, -0.2) is 4.98 Å². The van der Waals surface area contributed by atoms with Gasteiger partial charge in [0, 0.05) is 25.0 Å². The molecule has 88 valence electrons. The third kappa shape index (κ3) is 2.72. The summed E-state index contributed by atoms with van der Waals surface area (Å²) in [5.41, 5.74) is 1.82. The van der Waals surface area contributed by atoms with Gasteiger partial charge in [-0.3, -0.25) is 4.79 Å². The summed E-state index contributed by atoms with van der Waals surface area (Å²) < 4.78 is 1.88. The molecule has 0 aliphatic carbocycles. The first kappa shape index (κ1) is 11.4. The molecule has 4 nitrogen and oxygen atoms in total. The molecule has 0 aliphatic rings. The monoisotopic (exact) mass is 229 g/mol. The highest BCUT2D eigenvalue weighted by atomic mass is 16.1. The van der Waals surface area contributed by atoms with E-state index in [-0.39, 0.29) is 5.91 Å². The molecule has 2 rings (SSSR count). The second-order valence-corrected chi connectivity index (χ2v) is 4.00. The molecule has 0 spiro atoms. The molecule has 0 saturated carbocycles. The Bertz CT molecular complexity index is 514. The number of carbonyl (C=O) groups excluding carboxylic acids is 1. The first-order valence-electron chi connectivity index (χ1n) is 5.48. The molecular formula is C13H15N3O. The maximum atomic E-state index is 11.8. The van der Waals surface area contributed by atoms with Crippen LogP contribution in [0.4, 0.5) is 0 Å². The Hall–Kier alpha value is -2.10. The SMILES string of the molecule is Cc1ccc(C(=O)NCc2nccn2C)cc1. The molecule has 0 bridgehead atoms. The van der Waals surface area contributed by atoms with Gasteiger partial charge in [-0.05, 0) is 19.1 Å². The predicted molar refractivity (Wildman–Crippen MR) is 65.6 cm³/mol. The van der Waals surface area contributed by atoms with Crippen molar-refractivity contribution in [2.75, 3.05) is 0 Å². The first-order chi connectivity index (χ1) is 8.16. The van der Waals surface area contributed by atoms with Crippen LogP contribution in [0.3, 0.4) is 0 Å². The van der Waals surface area contributed by atoms with Crippen LogP contribution in [-0.4, -0.2) is 15.5 Å². The van der Waals surface area contributed by atoms with Gasteiger partial charge in [0.15, 0.2) is 0 Å². The lowest BCUT2D eigenvalue weighted by Gasteiger charge is -2.05. The van der Waals surface area contributed by atoms with Crippen molar-refractivity contribution in [1.82, 2.24) is 14.9 Å². The van der Waals surface area contributed by atoms with Gasteiger partial charge in [0.25, 0.3) is 5.91 Å². The minimum Gasteiger partial charge on any atom is -0.345 e. The molecule has 0 atom stereocenters. The van der Waals surface area contributed by atoms with Crippen LogP contribution in [0.15, 0.2) is 36.7 Å². The molecule has 1 aromatic heterocycles. The van der Waals surface area contributed by atoms with E-state index in [1.54, 1.807) is 6.20 Å². The van der Waals surface area contributed by atoms with Gasteiger partial charge in [0.05, 0.1) is 6.54 Å². The minimum absolute atomic E-state index is 0.0759. The van der Waals surface area contributed by atoms with E-state index in [4.69, 9.17) is 0 Å². The summed E-state index contributed by atoms with van der Waals surface area (Å²) >= 11 is 0. The fourth-order valence-corrected chi connectivity index (χ4v) is 1.53. The third-order valence-corrected chi connectivity index (χ3v) is 2.64. The van der Waals surface area contributed by atoms with Crippen molar-refractivity contribution in [3.8, 4) is 0 Å². The van der Waals surface area contributed by atoms with Gasteiger partial charge in [0.2, 0.25) is 0 Å². The molecule has 0 saturated heterocycles. The number of imidazole rings is 1. The first-order valence-corrected chi connectivity index (χ1v) is 5.48. The smallest absolute Gasteiger partial charge is 0.251 e. The largest absolute Gasteiger partial charge is 0.345 e. The number of aryl methyl sites for hydroxylation is 2. The average Bonchev–Trinajstić information content (AvgIpc) is 2.73. The number of rotatable bonds is 3. The normalized spacial score (nSPS) is 10.2. The number of carbonyl (C=O) groups is 1. The van der Waals surface area contributed by atoms with E-state index < -0.39 is 0 Å². The van der Waals surface area contributed by atoms with E-state index >= 15 is 0 Å². The Balaban J connectivity index is 1.98. The Morgan fingerprint density at radius 1 is 1.35 bits per heavy atom. The van der Waals surface area contributed by atoms with Crippen LogP contribution in [-0.2, 0) is 13.6 Å². The van der Waals surface area contributed by atoms with Crippen molar-refractivity contribution in [3.05, 3.63) is 53.6 Å². The molecule has 1 N–H and O–H groups in total. The van der Waals surface area contributed by atoms with Gasteiger partial charge in [-0.1, -0.05) is 17.7 Å². The van der Waals surface area contributed by atoms with Crippen LogP contribution in [0.2, 0.25) is 0 Å². The third-order valence-electron chi connectivity index (χ3n) is 2.64. The van der Waals surface area contributed by atoms with Crippen LogP contribution < -0.4 is 5.32 Å². The number of hydrogen-bond donors (Lipinski definition) is 1. The lowest BCUT2D eigenvalue weighted by atomic mass is 10.1. The van der Waals surface area contributed by atoms with Gasteiger partial charge in [0.1, 0.15) is 5.82 Å². The van der Waals surface area contributed by atoms with Crippen LogP contribution >= 0.6 is 0 Å². The zero-order chi connectivity index (χ0) is 12.3. The van der Waals surface area contributed by atoms with Crippen molar-refractivity contribution < 1.29 is 4.79 Å². The second kappa shape index (κ2) is 4.82. The molecule has 1 aromatic carbocycles. The highest BCUT2D eigenvalue weighted by Gasteiger charge is 2.06. The molecule has 17 heavy (non-hydrogen) atoms. The summed E-state index contributed by atoms with van der Waals surface area (Å²) in [7, 11) is 1.90. The van der Waals surface area contributed by atoms with E-state index in [1.165, 1.54) is 0 Å². The maximum Gasteiger partial charge on any atom is 0.251 e. The number of amides is 1. The van der Waals surface area contributed by atoms with E-state index in [2.05, 4.69) is 10.3 Å². The van der Waals surface area contributed by atoms with Gasteiger partial charge in [-0.15, -0.1) is 0 Å². The van der Waals surface area contributed by atoms with Crippen molar-refractivity contribution >= 4 is 5.91 Å². The Morgan fingerprint density at radius 3 is 2.65 bits per heavy atom. The van der Waals surface area contributed by atoms with E-state index in [0.29, 0.717) is 12.1 Å². The topological polar surface area (TPSA) is 46.9 Å². The molecule has 1 amide bonds. The number of benzene rings is 1. The maximum absolute atomic E-state index is 11.8. The molecule has 1 heterocycles. The zero-order valence-corrected chi connectivity index (χ0v) is 9.97. The molecule has 2 aromatic rings. The van der Waals surface area contributed by atoms with Gasteiger partial charge < -0.3 is 9.88 Å². The van der Waals surface area contributed by atoms with Crippen LogP contribution in [0.5, 0.6) is 0 Å². The highest BCUT2D eigenvalue weighted by Crippen LogP contribution is 2.03. The van der Waals surface area contributed by atoms with Crippen molar-refractivity contribution in [3.63, 3.8) is 0 Å². The van der Waals surface area contributed by atoms with Gasteiger partial charge >= 0.3 is 0 Å². The predicted octanol–water partition coefficient (Wildman–Crippen LogP) is 1.66. The zero-order valence-electron chi connectivity index (χ0n) is 9.97. The summed E-state index contributed by atoms with van der Waals surface area (Å²) in [6, 6.07) is 7.50. The second-order valence-electron chi connectivity index (χ2n) is 4.00. The molecule has 0 fully saturated rings. The number of aromatic nitrogens is 2. The van der Waals surface area contributed by atoms with E-state index in [1.807, 2.05) is 49.0 Å². The Labute approximate surface area is 100 Å². The molecule has 0 unspecified atom stereocenters. The lowest BCUT2D eigenvalue weighted by Crippen LogP contribution is -2.24. The van der Waals surface area contributed by atoms with Crippen LogP contribution in [0.25, 0.3) is 0 Å². The Morgan fingerprint density at radius 2 is 2.06 bits per heavy atom. The van der Waals surface area contributed by atoms with Crippen molar-refractivity contribution in [2.45, 2.75) is 13.5 Å². The summed E-state index contributed by atoms with van der Waals surface area (Å²) in [5.74, 6) is 0.762. The molecule has 0 aliphatic heterocycles.